The van der Waals surface area contributed by atoms with Gasteiger partial charge in [-0.1, -0.05) is 0 Å². The van der Waals surface area contributed by atoms with Crippen LogP contribution >= 0.6 is 0 Å². The highest BCUT2D eigenvalue weighted by molar-refractivity contribution is 5.90. The van der Waals surface area contributed by atoms with Gasteiger partial charge in [0, 0.05) is 14.2 Å². The number of methoxy groups -OCH3 is 2. The van der Waals surface area contributed by atoms with E-state index in [-0.39, 0.29) is 37.9 Å². The summed E-state index contributed by atoms with van der Waals surface area (Å²) in [6.07, 6.45) is 0. The van der Waals surface area contributed by atoms with Crippen molar-refractivity contribution in [2.75, 3.05) is 67.1 Å². The van der Waals surface area contributed by atoms with Crippen molar-refractivity contribution < 1.29 is 42.4 Å². The Balaban J connectivity index is 2.23. The number of carbonyl (C=O) groups is 2. The van der Waals surface area contributed by atoms with Crippen molar-refractivity contribution in [3.8, 4) is 0 Å². The zero-order valence-corrected chi connectivity index (χ0v) is 14.5. The Kier molecular flexibility index (Phi) is 11.3. The molecule has 0 aliphatic heterocycles. The molecule has 1 rings (SSSR count). The van der Waals surface area contributed by atoms with Gasteiger partial charge in [0.15, 0.2) is 0 Å². The zero-order chi connectivity index (χ0) is 18.3. The van der Waals surface area contributed by atoms with E-state index >= 15 is 0 Å². The lowest BCUT2D eigenvalue weighted by Gasteiger charge is -2.05. The van der Waals surface area contributed by atoms with Gasteiger partial charge >= 0.3 is 11.9 Å². The van der Waals surface area contributed by atoms with Gasteiger partial charge in [0.1, 0.15) is 13.2 Å². The van der Waals surface area contributed by atoms with Crippen molar-refractivity contribution in [1.29, 1.82) is 0 Å². The molecular weight excluding hydrogens is 336 g/mol. The van der Waals surface area contributed by atoms with Gasteiger partial charge in [-0.25, -0.2) is 9.59 Å². The summed E-state index contributed by atoms with van der Waals surface area (Å²) >= 11 is 0. The van der Waals surface area contributed by atoms with Crippen LogP contribution in [-0.4, -0.2) is 79.0 Å². The molecule has 9 heteroatoms. The van der Waals surface area contributed by atoms with E-state index in [9.17, 15) is 9.59 Å². The first kappa shape index (κ1) is 21.1. The Bertz CT molecular complexity index is 455. The topological polar surface area (TPSA) is 103 Å². The summed E-state index contributed by atoms with van der Waals surface area (Å²) in [7, 11) is 3.13. The van der Waals surface area contributed by atoms with Gasteiger partial charge in [0.25, 0.3) is 0 Å². The van der Waals surface area contributed by atoms with E-state index in [0.29, 0.717) is 26.4 Å². The van der Waals surface area contributed by atoms with E-state index < -0.39 is 11.9 Å². The third kappa shape index (κ3) is 9.20. The maximum atomic E-state index is 11.8. The molecule has 0 aromatic carbocycles. The molecule has 0 unspecified atom stereocenters. The van der Waals surface area contributed by atoms with Gasteiger partial charge in [-0.3, -0.25) is 0 Å². The SMILES string of the molecule is COCCOCCOC(=O)c1ccc(C(=O)OCCOCCOC)o1. The molecule has 0 amide bonds. The highest BCUT2D eigenvalue weighted by Crippen LogP contribution is 2.10. The average Bonchev–Trinajstić information content (AvgIpc) is 3.11. The fourth-order valence-electron chi connectivity index (χ4n) is 1.57. The Morgan fingerprint density at radius 1 is 0.720 bits per heavy atom. The van der Waals surface area contributed by atoms with Crippen LogP contribution in [0.2, 0.25) is 0 Å². The Labute approximate surface area is 146 Å². The zero-order valence-electron chi connectivity index (χ0n) is 14.5. The molecule has 9 nitrogen and oxygen atoms in total. The number of esters is 2. The Morgan fingerprint density at radius 3 is 1.52 bits per heavy atom. The number of rotatable bonds is 14. The van der Waals surface area contributed by atoms with Gasteiger partial charge in [-0.15, -0.1) is 0 Å². The first-order valence-electron chi connectivity index (χ1n) is 7.76. The van der Waals surface area contributed by atoms with Crippen LogP contribution in [0.1, 0.15) is 21.1 Å². The highest BCUT2D eigenvalue weighted by atomic mass is 16.6. The Morgan fingerprint density at radius 2 is 1.12 bits per heavy atom. The van der Waals surface area contributed by atoms with Crippen molar-refractivity contribution in [3.05, 3.63) is 23.7 Å². The summed E-state index contributed by atoms with van der Waals surface area (Å²) in [5.74, 6) is -1.53. The number of carbonyl (C=O) groups excluding carboxylic acids is 2. The molecule has 0 atom stereocenters. The van der Waals surface area contributed by atoms with Crippen LogP contribution in [0, 0.1) is 0 Å². The predicted molar refractivity (Wildman–Crippen MR) is 84.7 cm³/mol. The molecule has 0 aliphatic carbocycles. The summed E-state index contributed by atoms with van der Waals surface area (Å²) in [5, 5.41) is 0. The molecule has 0 saturated heterocycles. The minimum atomic E-state index is -0.683. The molecule has 142 valence electrons. The second-order valence-electron chi connectivity index (χ2n) is 4.65. The molecular formula is C16H24O9. The van der Waals surface area contributed by atoms with Crippen LogP contribution < -0.4 is 0 Å². The minimum absolute atomic E-state index is 0.0713. The summed E-state index contributed by atoms with van der Waals surface area (Å²) in [4.78, 5) is 23.5. The molecule has 1 aromatic heterocycles. The molecule has 0 aliphatic rings. The van der Waals surface area contributed by atoms with Gasteiger partial charge in [0.05, 0.1) is 39.6 Å². The molecule has 1 aromatic rings. The maximum Gasteiger partial charge on any atom is 0.374 e. The molecule has 0 fully saturated rings. The number of ether oxygens (including phenoxy) is 6. The third-order valence-electron chi connectivity index (χ3n) is 2.79. The van der Waals surface area contributed by atoms with Gasteiger partial charge < -0.3 is 32.8 Å². The van der Waals surface area contributed by atoms with E-state index in [4.69, 9.17) is 32.8 Å². The van der Waals surface area contributed by atoms with Crippen molar-refractivity contribution in [2.24, 2.45) is 0 Å². The summed E-state index contributed by atoms with van der Waals surface area (Å²) < 4.78 is 35.0. The van der Waals surface area contributed by atoms with Gasteiger partial charge in [-0.2, -0.15) is 0 Å². The molecule has 1 heterocycles. The average molecular weight is 360 g/mol. The fraction of sp³-hybridized carbons (Fsp3) is 0.625. The second kappa shape index (κ2) is 13.4. The second-order valence-corrected chi connectivity index (χ2v) is 4.65. The normalized spacial score (nSPS) is 10.6. The number of hydrogen-bond donors (Lipinski definition) is 0. The molecule has 0 spiro atoms. The first-order chi connectivity index (χ1) is 12.2. The fourth-order valence-corrected chi connectivity index (χ4v) is 1.57. The molecule has 25 heavy (non-hydrogen) atoms. The smallest absolute Gasteiger partial charge is 0.374 e. The van der Waals surface area contributed by atoms with Crippen LogP contribution in [0.3, 0.4) is 0 Å². The van der Waals surface area contributed by atoms with E-state index in [0.717, 1.165) is 0 Å². The van der Waals surface area contributed by atoms with Crippen LogP contribution in [0.4, 0.5) is 0 Å². The van der Waals surface area contributed by atoms with E-state index in [1.165, 1.54) is 12.1 Å². The lowest BCUT2D eigenvalue weighted by atomic mass is 10.4. The minimum Gasteiger partial charge on any atom is -0.457 e. The largest absolute Gasteiger partial charge is 0.457 e. The van der Waals surface area contributed by atoms with E-state index in [2.05, 4.69) is 0 Å². The van der Waals surface area contributed by atoms with Gasteiger partial charge in [-0.05, 0) is 12.1 Å². The monoisotopic (exact) mass is 360 g/mol. The summed E-state index contributed by atoms with van der Waals surface area (Å²) in [5.41, 5.74) is 0. The predicted octanol–water partition coefficient (Wildman–Crippen LogP) is 0.919. The maximum absolute atomic E-state index is 11.8. The Hall–Kier alpha value is -1.94. The first-order valence-corrected chi connectivity index (χ1v) is 7.76. The van der Waals surface area contributed by atoms with Crippen molar-refractivity contribution in [1.82, 2.24) is 0 Å². The lowest BCUT2D eigenvalue weighted by molar-refractivity contribution is 0.0168. The van der Waals surface area contributed by atoms with Crippen LogP contribution in [0.25, 0.3) is 0 Å². The van der Waals surface area contributed by atoms with E-state index in [1.807, 2.05) is 0 Å². The quantitative estimate of drug-likeness (QED) is 0.354. The van der Waals surface area contributed by atoms with Gasteiger partial charge in [0.2, 0.25) is 11.5 Å². The van der Waals surface area contributed by atoms with Crippen molar-refractivity contribution >= 4 is 11.9 Å². The van der Waals surface area contributed by atoms with Crippen molar-refractivity contribution in [3.63, 3.8) is 0 Å². The molecule has 0 saturated carbocycles. The van der Waals surface area contributed by atoms with Crippen LogP contribution in [-0.2, 0) is 28.4 Å². The van der Waals surface area contributed by atoms with Crippen LogP contribution in [0.15, 0.2) is 16.5 Å². The lowest BCUT2D eigenvalue weighted by Crippen LogP contribution is -2.13. The molecule has 0 radical (unpaired) electrons. The summed E-state index contributed by atoms with van der Waals surface area (Å²) in [6.45, 7) is 2.40. The number of hydrogen-bond acceptors (Lipinski definition) is 9. The van der Waals surface area contributed by atoms with Crippen molar-refractivity contribution in [2.45, 2.75) is 0 Å². The van der Waals surface area contributed by atoms with Crippen LogP contribution in [0.5, 0.6) is 0 Å². The highest BCUT2D eigenvalue weighted by Gasteiger charge is 2.17. The van der Waals surface area contributed by atoms with E-state index in [1.54, 1.807) is 14.2 Å². The molecule has 0 bridgehead atoms. The third-order valence-corrected chi connectivity index (χ3v) is 2.79. The summed E-state index contributed by atoms with van der Waals surface area (Å²) in [6, 6.07) is 2.69. The molecule has 0 N–H and O–H groups in total. The number of furan rings is 1. The standard InChI is InChI=1S/C16H24O9/c1-19-5-7-21-9-11-23-15(17)13-3-4-14(25-13)16(18)24-12-10-22-8-6-20-2/h3-4H,5-12H2,1-2H3.